The van der Waals surface area contributed by atoms with E-state index in [-0.39, 0.29) is 0 Å². The van der Waals surface area contributed by atoms with Gasteiger partial charge < -0.3 is 114 Å². The lowest BCUT2D eigenvalue weighted by Gasteiger charge is -2.50. The Morgan fingerprint density at radius 2 is 0.891 bits per heavy atom. The summed E-state index contributed by atoms with van der Waals surface area (Å²) in [5.41, 5.74) is 0. The van der Waals surface area contributed by atoms with Gasteiger partial charge in [0, 0.05) is 13.5 Å². The SMILES string of the molecule is CCCCCCCCO[C@@H]1O[C@@H](C)[C@H](O[C@@H]2O[C@@H](C)[C@H](O[C@@H]3O[C@@H](C)[C@H](O[C@@H]4O[C@H](CO)[C@@H](O)[C@H](O)[C@H]4NC(C)=O)[C@@H](O)[C@H]3O[C@@H]3O[C@H](CO)[C@@H](O)[C@H](O)[C@@H]3O)[C@@H](O)[C@H]2O)[C@@H](O)[C@H]1O. The maximum atomic E-state index is 12.1. The molecule has 5 saturated heterocycles. The summed E-state index contributed by atoms with van der Waals surface area (Å²) >= 11 is 0. The Labute approximate surface area is 370 Å². The molecule has 13 N–H and O–H groups in total. The first-order valence-corrected chi connectivity index (χ1v) is 22.1. The molecule has 24 heteroatoms. The number of hydrogen-bond donors (Lipinski definition) is 13. The second-order valence-corrected chi connectivity index (χ2v) is 17.3. The molecular formula is C40H71NO23. The van der Waals surface area contributed by atoms with Crippen molar-refractivity contribution < 1.29 is 113 Å². The normalized spacial score (nSPS) is 47.9. The minimum Gasteiger partial charge on any atom is -0.394 e. The molecule has 1 amide bonds. The molecule has 374 valence electrons. The fraction of sp³-hybridized carbons (Fsp3) is 0.975. The Bertz CT molecular complexity index is 1410. The van der Waals surface area contributed by atoms with E-state index in [2.05, 4.69) is 12.2 Å². The largest absolute Gasteiger partial charge is 0.394 e. The highest BCUT2D eigenvalue weighted by Gasteiger charge is 2.56. The van der Waals surface area contributed by atoms with E-state index in [0.717, 1.165) is 45.4 Å². The zero-order chi connectivity index (χ0) is 47.2. The number of unbranched alkanes of at least 4 members (excludes halogenated alkanes) is 5. The lowest BCUT2D eigenvalue weighted by Crippen LogP contribution is -2.69. The molecule has 0 aromatic heterocycles. The van der Waals surface area contributed by atoms with Crippen molar-refractivity contribution in [3.63, 3.8) is 0 Å². The van der Waals surface area contributed by atoms with Gasteiger partial charge in [-0.15, -0.1) is 0 Å². The summed E-state index contributed by atoms with van der Waals surface area (Å²) in [7, 11) is 0. The summed E-state index contributed by atoms with van der Waals surface area (Å²) in [6, 6.07) is -1.45. The van der Waals surface area contributed by atoms with Crippen molar-refractivity contribution in [2.24, 2.45) is 0 Å². The fourth-order valence-corrected chi connectivity index (χ4v) is 8.54. The van der Waals surface area contributed by atoms with Crippen molar-refractivity contribution in [3.05, 3.63) is 0 Å². The van der Waals surface area contributed by atoms with E-state index >= 15 is 0 Å². The van der Waals surface area contributed by atoms with Gasteiger partial charge in [0.2, 0.25) is 5.91 Å². The van der Waals surface area contributed by atoms with Crippen LogP contribution in [-0.4, -0.2) is 240 Å². The van der Waals surface area contributed by atoms with Gasteiger partial charge in [0.1, 0.15) is 104 Å². The third kappa shape index (κ3) is 12.4. The minimum absolute atomic E-state index is 0.297. The predicted molar refractivity (Wildman–Crippen MR) is 211 cm³/mol. The molecular weight excluding hydrogens is 862 g/mol. The first-order valence-electron chi connectivity index (χ1n) is 22.1. The van der Waals surface area contributed by atoms with E-state index in [9.17, 15) is 66.1 Å². The minimum atomic E-state index is -1.98. The molecule has 0 aromatic carbocycles. The Hall–Kier alpha value is -1.41. The van der Waals surface area contributed by atoms with Crippen molar-refractivity contribution in [2.75, 3.05) is 19.8 Å². The average Bonchev–Trinajstić information content (AvgIpc) is 3.26. The summed E-state index contributed by atoms with van der Waals surface area (Å²) in [5.74, 6) is -0.661. The summed E-state index contributed by atoms with van der Waals surface area (Å²) in [5, 5.41) is 132. The van der Waals surface area contributed by atoms with Crippen molar-refractivity contribution in [3.8, 4) is 0 Å². The monoisotopic (exact) mass is 933 g/mol. The van der Waals surface area contributed by atoms with Crippen LogP contribution >= 0.6 is 0 Å². The molecule has 5 heterocycles. The van der Waals surface area contributed by atoms with Crippen molar-refractivity contribution >= 4 is 5.91 Å². The summed E-state index contributed by atoms with van der Waals surface area (Å²) in [4.78, 5) is 12.1. The molecule has 0 unspecified atom stereocenters. The molecule has 24 nitrogen and oxygen atoms in total. The molecule has 0 bridgehead atoms. The number of carbonyl (C=O) groups is 1. The highest BCUT2D eigenvalue weighted by atomic mass is 16.8. The van der Waals surface area contributed by atoms with Crippen LogP contribution in [0, 0.1) is 0 Å². The Balaban J connectivity index is 1.30. The first kappa shape index (κ1) is 53.5. The van der Waals surface area contributed by atoms with Gasteiger partial charge in [0.25, 0.3) is 0 Å². The smallest absolute Gasteiger partial charge is 0.217 e. The fourth-order valence-electron chi connectivity index (χ4n) is 8.54. The zero-order valence-corrected chi connectivity index (χ0v) is 36.7. The molecule has 25 atom stereocenters. The van der Waals surface area contributed by atoms with Gasteiger partial charge in [-0.25, -0.2) is 0 Å². The Morgan fingerprint density at radius 1 is 0.469 bits per heavy atom. The number of nitrogens with one attached hydrogen (secondary N) is 1. The van der Waals surface area contributed by atoms with Crippen LogP contribution in [-0.2, 0) is 52.2 Å². The van der Waals surface area contributed by atoms with Crippen LogP contribution in [0.3, 0.4) is 0 Å². The van der Waals surface area contributed by atoms with Gasteiger partial charge in [-0.1, -0.05) is 39.0 Å². The molecule has 5 rings (SSSR count). The van der Waals surface area contributed by atoms with Gasteiger partial charge in [-0.2, -0.15) is 0 Å². The third-order valence-corrected chi connectivity index (χ3v) is 12.4. The van der Waals surface area contributed by atoms with Crippen molar-refractivity contribution in [2.45, 2.75) is 227 Å². The Morgan fingerprint density at radius 3 is 1.47 bits per heavy atom. The molecule has 5 fully saturated rings. The third-order valence-electron chi connectivity index (χ3n) is 12.4. The van der Waals surface area contributed by atoms with Crippen LogP contribution in [0.2, 0.25) is 0 Å². The second kappa shape index (κ2) is 24.2. The van der Waals surface area contributed by atoms with E-state index < -0.39 is 173 Å². The number of aliphatic hydroxyl groups excluding tert-OH is 12. The highest BCUT2D eigenvalue weighted by Crippen LogP contribution is 2.36. The first-order chi connectivity index (χ1) is 30.3. The molecule has 0 saturated carbocycles. The maximum absolute atomic E-state index is 12.1. The number of amides is 1. The molecule has 5 aliphatic heterocycles. The predicted octanol–water partition coefficient (Wildman–Crippen LogP) is -5.31. The molecule has 0 spiro atoms. The highest BCUT2D eigenvalue weighted by molar-refractivity contribution is 5.73. The topological polar surface area (TPSA) is 364 Å². The second-order valence-electron chi connectivity index (χ2n) is 17.3. The van der Waals surface area contributed by atoms with Crippen LogP contribution in [0.4, 0.5) is 0 Å². The van der Waals surface area contributed by atoms with Crippen LogP contribution in [0.5, 0.6) is 0 Å². The van der Waals surface area contributed by atoms with E-state index in [0.29, 0.717) is 6.61 Å². The molecule has 5 aliphatic rings. The lowest BCUT2D eigenvalue weighted by molar-refractivity contribution is -0.399. The molecule has 0 aromatic rings. The molecule has 0 aliphatic carbocycles. The van der Waals surface area contributed by atoms with Gasteiger partial charge in [-0.3, -0.25) is 4.79 Å². The standard InChI is InChI=1S/C40H71NO23/c1-6-7-8-9-10-11-12-55-37-29(52)26(49)32(15(2)56-37)62-38-30(53)27(50)33(16(3)57-38)63-40-35(64-39-28(51)25(48)23(46)20(14-43)60-39)31(54)34(17(4)58-40)61-36-21(41-18(5)44)24(47)22(45)19(13-42)59-36/h15-17,19-40,42-43,45-54H,6-14H2,1-5H3,(H,41,44)/t15-,16-,17-,19+,20+,21+,22+,23+,24+,25-,26-,27-,28-,29+,30+,31+,32-,33-,34-,35+,36-,37+,38-,39-,40-/m0/s1. The average molecular weight is 934 g/mol. The van der Waals surface area contributed by atoms with Crippen LogP contribution in [0.1, 0.15) is 73.1 Å². The molecule has 0 radical (unpaired) electrons. The Kier molecular flexibility index (Phi) is 20.3. The van der Waals surface area contributed by atoms with Crippen molar-refractivity contribution in [1.29, 1.82) is 0 Å². The quantitative estimate of drug-likeness (QED) is 0.0538. The van der Waals surface area contributed by atoms with Gasteiger partial charge >= 0.3 is 0 Å². The van der Waals surface area contributed by atoms with Gasteiger partial charge in [-0.05, 0) is 27.2 Å². The van der Waals surface area contributed by atoms with E-state index in [1.165, 1.54) is 13.8 Å². The number of rotatable bonds is 19. The van der Waals surface area contributed by atoms with Gasteiger partial charge in [0.15, 0.2) is 31.5 Å². The van der Waals surface area contributed by atoms with E-state index in [1.54, 1.807) is 6.92 Å². The molecule has 64 heavy (non-hydrogen) atoms. The summed E-state index contributed by atoms with van der Waals surface area (Å²) < 4.78 is 58.9. The van der Waals surface area contributed by atoms with E-state index in [4.69, 9.17) is 47.4 Å². The summed E-state index contributed by atoms with van der Waals surface area (Å²) in [6.07, 6.45) is -32.0. The number of ether oxygens (including phenoxy) is 10. The number of carbonyl (C=O) groups excluding carboxylic acids is 1. The summed E-state index contributed by atoms with van der Waals surface area (Å²) in [6.45, 7) is 6.35. The van der Waals surface area contributed by atoms with Crippen LogP contribution in [0.15, 0.2) is 0 Å². The zero-order valence-electron chi connectivity index (χ0n) is 36.7. The van der Waals surface area contributed by atoms with Crippen LogP contribution < -0.4 is 5.32 Å². The maximum Gasteiger partial charge on any atom is 0.217 e. The van der Waals surface area contributed by atoms with Gasteiger partial charge in [0.05, 0.1) is 31.5 Å². The number of hydrogen-bond acceptors (Lipinski definition) is 23. The van der Waals surface area contributed by atoms with Crippen LogP contribution in [0.25, 0.3) is 0 Å². The van der Waals surface area contributed by atoms with E-state index in [1.807, 2.05) is 0 Å². The lowest BCUT2D eigenvalue weighted by atomic mass is 9.95. The van der Waals surface area contributed by atoms with Crippen molar-refractivity contribution in [1.82, 2.24) is 5.32 Å². The number of aliphatic hydroxyl groups is 12.